The largest absolute Gasteiger partial charge is 0.394 e. The molecule has 3 rings (SSSR count). The minimum Gasteiger partial charge on any atom is -0.394 e. The predicted molar refractivity (Wildman–Crippen MR) is 101 cm³/mol. The second kappa shape index (κ2) is 7.34. The third-order valence-electron chi connectivity index (χ3n) is 4.29. The number of rotatable bonds is 3. The highest BCUT2D eigenvalue weighted by atomic mass is 14.8. The average Bonchev–Trinajstić information content (AvgIpc) is 2.81. The lowest BCUT2D eigenvalue weighted by atomic mass is 9.82. The number of nitrogens with one attached hydrogen (secondary N) is 2. The van der Waals surface area contributed by atoms with Crippen molar-refractivity contribution in [1.29, 1.82) is 0 Å². The Labute approximate surface area is 139 Å². The first-order valence-corrected chi connectivity index (χ1v) is 8.00. The lowest BCUT2D eigenvalue weighted by Crippen LogP contribution is -2.15. The lowest BCUT2D eigenvalue weighted by Gasteiger charge is -2.21. The summed E-state index contributed by atoms with van der Waals surface area (Å²) in [6.45, 7) is 5.22. The van der Waals surface area contributed by atoms with E-state index in [0.29, 0.717) is 6.54 Å². The van der Waals surface area contributed by atoms with Crippen molar-refractivity contribution in [3.63, 3.8) is 0 Å². The van der Waals surface area contributed by atoms with Crippen LogP contribution in [0, 0.1) is 0 Å². The van der Waals surface area contributed by atoms with Crippen LogP contribution >= 0.6 is 0 Å². The van der Waals surface area contributed by atoms with Crippen LogP contribution in [0.4, 0.5) is 5.69 Å². The van der Waals surface area contributed by atoms with Gasteiger partial charge in [0.15, 0.2) is 0 Å². The van der Waals surface area contributed by atoms with E-state index in [4.69, 9.17) is 5.73 Å². The van der Waals surface area contributed by atoms with E-state index in [9.17, 15) is 0 Å². The third-order valence-corrected chi connectivity index (χ3v) is 4.29. The number of benzene rings is 2. The van der Waals surface area contributed by atoms with Gasteiger partial charge in [-0.25, -0.2) is 0 Å². The molecule has 0 radical (unpaired) electrons. The summed E-state index contributed by atoms with van der Waals surface area (Å²) in [4.78, 5) is 0. The topological polar surface area (TPSA) is 50.1 Å². The third kappa shape index (κ3) is 3.40. The zero-order valence-corrected chi connectivity index (χ0v) is 14.5. The SMILES string of the molecule is CN/C=C\CN.CNc1ccc2c(c1)C(C)(C)c1ccccc1-2. The van der Waals surface area contributed by atoms with Gasteiger partial charge in [0.1, 0.15) is 0 Å². The summed E-state index contributed by atoms with van der Waals surface area (Å²) in [5.74, 6) is 0. The molecule has 3 heteroatoms. The molecule has 1 aliphatic carbocycles. The molecule has 0 spiro atoms. The fourth-order valence-corrected chi connectivity index (χ4v) is 3.05. The molecule has 0 atom stereocenters. The van der Waals surface area contributed by atoms with Gasteiger partial charge in [-0.1, -0.05) is 50.3 Å². The molecule has 0 saturated carbocycles. The Morgan fingerprint density at radius 1 is 1.00 bits per heavy atom. The Morgan fingerprint density at radius 2 is 1.70 bits per heavy atom. The molecule has 0 unspecified atom stereocenters. The van der Waals surface area contributed by atoms with Gasteiger partial charge in [-0.2, -0.15) is 0 Å². The zero-order valence-electron chi connectivity index (χ0n) is 14.5. The Morgan fingerprint density at radius 3 is 2.30 bits per heavy atom. The maximum Gasteiger partial charge on any atom is 0.0341 e. The van der Waals surface area contributed by atoms with Gasteiger partial charge in [0, 0.05) is 31.7 Å². The molecule has 0 aliphatic heterocycles. The Bertz CT molecular complexity index is 681. The number of hydrogen-bond donors (Lipinski definition) is 3. The van der Waals surface area contributed by atoms with Crippen molar-refractivity contribution in [3.05, 3.63) is 65.9 Å². The molecule has 0 heterocycles. The molecule has 122 valence electrons. The van der Waals surface area contributed by atoms with E-state index in [2.05, 4.69) is 66.9 Å². The van der Waals surface area contributed by atoms with Crippen molar-refractivity contribution in [2.24, 2.45) is 5.73 Å². The second-order valence-electron chi connectivity index (χ2n) is 6.11. The van der Waals surface area contributed by atoms with Crippen LogP contribution in [-0.2, 0) is 5.41 Å². The molecule has 0 aromatic heterocycles. The first kappa shape index (κ1) is 17.1. The number of hydrogen-bond acceptors (Lipinski definition) is 3. The Kier molecular flexibility index (Phi) is 5.45. The van der Waals surface area contributed by atoms with Crippen molar-refractivity contribution in [2.75, 3.05) is 26.0 Å². The minimum absolute atomic E-state index is 0.110. The van der Waals surface area contributed by atoms with Crippen LogP contribution in [0.2, 0.25) is 0 Å². The smallest absolute Gasteiger partial charge is 0.0341 e. The molecule has 3 nitrogen and oxygen atoms in total. The molecule has 0 saturated heterocycles. The summed E-state index contributed by atoms with van der Waals surface area (Å²) in [6.07, 6.45) is 3.65. The van der Waals surface area contributed by atoms with Crippen LogP contribution in [0.1, 0.15) is 25.0 Å². The van der Waals surface area contributed by atoms with Gasteiger partial charge in [-0.15, -0.1) is 0 Å². The Hall–Kier alpha value is -2.26. The van der Waals surface area contributed by atoms with Crippen molar-refractivity contribution in [2.45, 2.75) is 19.3 Å². The van der Waals surface area contributed by atoms with E-state index in [1.807, 2.05) is 20.2 Å². The van der Waals surface area contributed by atoms with Crippen molar-refractivity contribution in [1.82, 2.24) is 5.32 Å². The standard InChI is InChI=1S/C16H17N.C4H10N2/c1-16(2)14-7-5-4-6-12(14)13-9-8-11(17-3)10-15(13)16;1-6-4-2-3-5/h4-10,17H,1-3H3;2,4,6H,3,5H2,1H3/b;4-2-. The Balaban J connectivity index is 0.000000277. The van der Waals surface area contributed by atoms with Crippen LogP contribution in [0.15, 0.2) is 54.7 Å². The predicted octanol–water partition coefficient (Wildman–Crippen LogP) is 3.71. The molecule has 2 aromatic carbocycles. The summed E-state index contributed by atoms with van der Waals surface area (Å²) in [5, 5.41) is 6.03. The van der Waals surface area contributed by atoms with Gasteiger partial charge in [0.05, 0.1) is 0 Å². The summed E-state index contributed by atoms with van der Waals surface area (Å²) >= 11 is 0. The van der Waals surface area contributed by atoms with Crippen molar-refractivity contribution < 1.29 is 0 Å². The molecule has 0 bridgehead atoms. The lowest BCUT2D eigenvalue weighted by molar-refractivity contribution is 0.660. The molecule has 2 aromatic rings. The molecule has 0 fully saturated rings. The van der Waals surface area contributed by atoms with Crippen LogP contribution in [0.25, 0.3) is 11.1 Å². The van der Waals surface area contributed by atoms with Crippen molar-refractivity contribution in [3.8, 4) is 11.1 Å². The summed E-state index contributed by atoms with van der Waals surface area (Å²) in [6, 6.07) is 15.4. The van der Waals surface area contributed by atoms with Gasteiger partial charge in [0.2, 0.25) is 0 Å². The minimum atomic E-state index is 0.110. The molecule has 4 N–H and O–H groups in total. The van der Waals surface area contributed by atoms with E-state index < -0.39 is 0 Å². The highest BCUT2D eigenvalue weighted by molar-refractivity contribution is 5.82. The van der Waals surface area contributed by atoms with Crippen LogP contribution in [0.3, 0.4) is 0 Å². The second-order valence-corrected chi connectivity index (χ2v) is 6.11. The van der Waals surface area contributed by atoms with E-state index >= 15 is 0 Å². The fraction of sp³-hybridized carbons (Fsp3) is 0.300. The van der Waals surface area contributed by atoms with E-state index in [-0.39, 0.29) is 5.41 Å². The van der Waals surface area contributed by atoms with E-state index in [0.717, 1.165) is 0 Å². The highest BCUT2D eigenvalue weighted by Gasteiger charge is 2.34. The first-order valence-electron chi connectivity index (χ1n) is 8.00. The van der Waals surface area contributed by atoms with E-state index in [1.165, 1.54) is 27.9 Å². The van der Waals surface area contributed by atoms with Gasteiger partial charge in [-0.3, -0.25) is 0 Å². The molecular weight excluding hydrogens is 282 g/mol. The van der Waals surface area contributed by atoms with Gasteiger partial charge < -0.3 is 16.4 Å². The van der Waals surface area contributed by atoms with Gasteiger partial charge in [-0.05, 0) is 40.6 Å². The summed E-state index contributed by atoms with van der Waals surface area (Å²) in [7, 11) is 3.81. The highest BCUT2D eigenvalue weighted by Crippen LogP contribution is 2.48. The first-order chi connectivity index (χ1) is 11.1. The quantitative estimate of drug-likeness (QED) is 0.810. The monoisotopic (exact) mass is 309 g/mol. The van der Waals surface area contributed by atoms with Crippen molar-refractivity contribution >= 4 is 5.69 Å². The summed E-state index contributed by atoms with van der Waals surface area (Å²) < 4.78 is 0. The maximum atomic E-state index is 5.09. The zero-order chi connectivity index (χ0) is 16.9. The maximum absolute atomic E-state index is 5.09. The van der Waals surface area contributed by atoms with Gasteiger partial charge >= 0.3 is 0 Å². The van der Waals surface area contributed by atoms with Crippen LogP contribution in [0.5, 0.6) is 0 Å². The number of nitrogens with two attached hydrogens (primary N) is 1. The number of fused-ring (bicyclic) bond motifs is 3. The van der Waals surface area contributed by atoms with Gasteiger partial charge in [0.25, 0.3) is 0 Å². The summed E-state index contributed by atoms with van der Waals surface area (Å²) in [5.41, 5.74) is 12.0. The molecule has 0 amide bonds. The molecule has 23 heavy (non-hydrogen) atoms. The molecular formula is C20H27N3. The number of anilines is 1. The normalized spacial score (nSPS) is 13.8. The van der Waals surface area contributed by atoms with Crippen LogP contribution in [-0.4, -0.2) is 20.6 Å². The van der Waals surface area contributed by atoms with Crippen LogP contribution < -0.4 is 16.4 Å². The van der Waals surface area contributed by atoms with E-state index in [1.54, 1.807) is 6.20 Å². The average molecular weight is 309 g/mol. The molecule has 1 aliphatic rings. The fourth-order valence-electron chi connectivity index (χ4n) is 3.05.